The molecule has 0 radical (unpaired) electrons. The minimum absolute atomic E-state index is 0.131. The van der Waals surface area contributed by atoms with E-state index in [2.05, 4.69) is 0 Å². The number of nitrogens with zero attached hydrogens (tertiary/aromatic N) is 1. The van der Waals surface area contributed by atoms with Gasteiger partial charge in [-0.3, -0.25) is 4.79 Å². The summed E-state index contributed by atoms with van der Waals surface area (Å²) in [5.41, 5.74) is 5.87. The van der Waals surface area contributed by atoms with Crippen LogP contribution >= 0.6 is 0 Å². The van der Waals surface area contributed by atoms with Crippen molar-refractivity contribution in [1.82, 2.24) is 4.90 Å². The highest BCUT2D eigenvalue weighted by molar-refractivity contribution is 5.80. The van der Waals surface area contributed by atoms with Crippen molar-refractivity contribution in [3.63, 3.8) is 0 Å². The third-order valence-corrected chi connectivity index (χ3v) is 3.80. The summed E-state index contributed by atoms with van der Waals surface area (Å²) in [6.07, 6.45) is 2.67. The second-order valence-corrected chi connectivity index (χ2v) is 5.01. The van der Waals surface area contributed by atoms with Gasteiger partial charge in [-0.2, -0.15) is 0 Å². The van der Waals surface area contributed by atoms with Gasteiger partial charge >= 0.3 is 0 Å². The number of ether oxygens (including phenoxy) is 2. The Bertz CT molecular complexity index is 285. The quantitative estimate of drug-likeness (QED) is 0.645. The Hall–Kier alpha value is -0.650. The van der Waals surface area contributed by atoms with Crippen LogP contribution in [0.5, 0.6) is 0 Å². The average molecular weight is 226 g/mol. The lowest BCUT2D eigenvalue weighted by Crippen LogP contribution is -2.50. The summed E-state index contributed by atoms with van der Waals surface area (Å²) in [6, 6.07) is -0.131. The number of carbonyl (C=O) groups is 1. The van der Waals surface area contributed by atoms with Crippen LogP contribution in [0.4, 0.5) is 0 Å². The fourth-order valence-corrected chi connectivity index (χ4v) is 2.85. The standard InChI is InChI=1S/C11H18N2O3/c12-10-6-15-5-9(10)11(14)13-3-7-1-2-8(4-13)16-7/h7-10H,1-6,12H2. The van der Waals surface area contributed by atoms with E-state index in [1.54, 1.807) is 0 Å². The summed E-state index contributed by atoms with van der Waals surface area (Å²) in [7, 11) is 0. The molecular weight excluding hydrogens is 208 g/mol. The number of morpholine rings is 1. The van der Waals surface area contributed by atoms with E-state index in [1.807, 2.05) is 4.90 Å². The molecule has 0 aromatic carbocycles. The molecule has 2 bridgehead atoms. The van der Waals surface area contributed by atoms with Crippen LogP contribution in [0.3, 0.4) is 0 Å². The van der Waals surface area contributed by atoms with E-state index >= 15 is 0 Å². The molecule has 5 nitrogen and oxygen atoms in total. The molecule has 0 aliphatic carbocycles. The van der Waals surface area contributed by atoms with Crippen molar-refractivity contribution in [1.29, 1.82) is 0 Å². The molecule has 4 atom stereocenters. The number of fused-ring (bicyclic) bond motifs is 2. The molecular formula is C11H18N2O3. The fourth-order valence-electron chi connectivity index (χ4n) is 2.85. The Morgan fingerprint density at radius 2 is 1.88 bits per heavy atom. The van der Waals surface area contributed by atoms with Gasteiger partial charge in [-0.05, 0) is 12.8 Å². The first-order chi connectivity index (χ1) is 7.74. The van der Waals surface area contributed by atoms with Gasteiger partial charge < -0.3 is 20.1 Å². The summed E-state index contributed by atoms with van der Waals surface area (Å²) >= 11 is 0. The van der Waals surface area contributed by atoms with Gasteiger partial charge in [0.15, 0.2) is 0 Å². The molecule has 5 heteroatoms. The van der Waals surface area contributed by atoms with Crippen LogP contribution in [0, 0.1) is 5.92 Å². The number of carbonyl (C=O) groups excluding carboxylic acids is 1. The number of amides is 1. The van der Waals surface area contributed by atoms with Crippen LogP contribution in [0.15, 0.2) is 0 Å². The largest absolute Gasteiger partial charge is 0.379 e. The lowest BCUT2D eigenvalue weighted by Gasteiger charge is -2.34. The van der Waals surface area contributed by atoms with Crippen molar-refractivity contribution in [2.24, 2.45) is 11.7 Å². The molecule has 0 aromatic heterocycles. The van der Waals surface area contributed by atoms with Gasteiger partial charge in [0.05, 0.1) is 31.3 Å². The van der Waals surface area contributed by atoms with Gasteiger partial charge in [-0.25, -0.2) is 0 Å². The Morgan fingerprint density at radius 3 is 2.44 bits per heavy atom. The zero-order chi connectivity index (χ0) is 11.1. The molecule has 1 amide bonds. The molecule has 0 spiro atoms. The number of hydrogen-bond acceptors (Lipinski definition) is 4. The van der Waals surface area contributed by atoms with Crippen LogP contribution in [0.2, 0.25) is 0 Å². The predicted octanol–water partition coefficient (Wildman–Crippen LogP) is -0.650. The Morgan fingerprint density at radius 1 is 1.19 bits per heavy atom. The van der Waals surface area contributed by atoms with Gasteiger partial charge in [-0.1, -0.05) is 0 Å². The molecule has 3 rings (SSSR count). The molecule has 4 unspecified atom stereocenters. The molecule has 90 valence electrons. The molecule has 3 heterocycles. The van der Waals surface area contributed by atoms with Crippen LogP contribution in [-0.2, 0) is 14.3 Å². The minimum Gasteiger partial charge on any atom is -0.379 e. The smallest absolute Gasteiger partial charge is 0.229 e. The van der Waals surface area contributed by atoms with Gasteiger partial charge in [-0.15, -0.1) is 0 Å². The third kappa shape index (κ3) is 1.73. The van der Waals surface area contributed by atoms with E-state index in [0.717, 1.165) is 25.9 Å². The van der Waals surface area contributed by atoms with Gasteiger partial charge in [0.25, 0.3) is 0 Å². The summed E-state index contributed by atoms with van der Waals surface area (Å²) in [5.74, 6) is 0.0164. The van der Waals surface area contributed by atoms with Gasteiger partial charge in [0.1, 0.15) is 0 Å². The minimum atomic E-state index is -0.141. The first kappa shape index (κ1) is 10.5. The maximum atomic E-state index is 12.2. The Balaban J connectivity index is 1.66. The van der Waals surface area contributed by atoms with Crippen LogP contribution in [0.1, 0.15) is 12.8 Å². The lowest BCUT2D eigenvalue weighted by molar-refractivity contribution is -0.144. The Kier molecular flexibility index (Phi) is 2.61. The number of hydrogen-bond donors (Lipinski definition) is 1. The molecule has 3 aliphatic rings. The van der Waals surface area contributed by atoms with E-state index in [4.69, 9.17) is 15.2 Å². The highest BCUT2D eigenvalue weighted by Crippen LogP contribution is 2.28. The molecule has 3 saturated heterocycles. The summed E-state index contributed by atoms with van der Waals surface area (Å²) < 4.78 is 11.0. The maximum Gasteiger partial charge on any atom is 0.229 e. The van der Waals surface area contributed by atoms with Gasteiger partial charge in [0.2, 0.25) is 5.91 Å². The van der Waals surface area contributed by atoms with Crippen molar-refractivity contribution in [2.45, 2.75) is 31.1 Å². The Labute approximate surface area is 94.9 Å². The second kappa shape index (κ2) is 3.98. The van der Waals surface area contributed by atoms with E-state index in [1.165, 1.54) is 0 Å². The van der Waals surface area contributed by atoms with Gasteiger partial charge in [0, 0.05) is 19.1 Å². The number of likely N-dealkylation sites (tertiary alicyclic amines) is 1. The third-order valence-electron chi connectivity index (χ3n) is 3.80. The van der Waals surface area contributed by atoms with E-state index in [9.17, 15) is 4.79 Å². The van der Waals surface area contributed by atoms with E-state index in [-0.39, 0.29) is 30.1 Å². The number of rotatable bonds is 1. The van der Waals surface area contributed by atoms with Crippen molar-refractivity contribution in [2.75, 3.05) is 26.3 Å². The average Bonchev–Trinajstić information content (AvgIpc) is 2.84. The molecule has 16 heavy (non-hydrogen) atoms. The van der Waals surface area contributed by atoms with Crippen LogP contribution < -0.4 is 5.73 Å². The second-order valence-electron chi connectivity index (χ2n) is 5.01. The zero-order valence-electron chi connectivity index (χ0n) is 9.30. The molecule has 3 fully saturated rings. The fraction of sp³-hybridized carbons (Fsp3) is 0.909. The van der Waals surface area contributed by atoms with E-state index in [0.29, 0.717) is 13.2 Å². The summed E-state index contributed by atoms with van der Waals surface area (Å²) in [4.78, 5) is 14.2. The zero-order valence-corrected chi connectivity index (χ0v) is 9.30. The summed E-state index contributed by atoms with van der Waals surface area (Å²) in [5, 5.41) is 0. The monoisotopic (exact) mass is 226 g/mol. The molecule has 0 aromatic rings. The highest BCUT2D eigenvalue weighted by atomic mass is 16.5. The normalized spacial score (nSPS) is 42.7. The topological polar surface area (TPSA) is 64.8 Å². The van der Waals surface area contributed by atoms with E-state index < -0.39 is 0 Å². The van der Waals surface area contributed by atoms with Crippen molar-refractivity contribution >= 4 is 5.91 Å². The number of nitrogens with two attached hydrogens (primary N) is 1. The SMILES string of the molecule is NC1COCC1C(=O)N1CC2CCC(C1)O2. The lowest BCUT2D eigenvalue weighted by atomic mass is 10.0. The van der Waals surface area contributed by atoms with Crippen LogP contribution in [-0.4, -0.2) is 55.4 Å². The molecule has 3 aliphatic heterocycles. The molecule has 2 N–H and O–H groups in total. The first-order valence-corrected chi connectivity index (χ1v) is 6.01. The van der Waals surface area contributed by atoms with Crippen molar-refractivity contribution < 1.29 is 14.3 Å². The van der Waals surface area contributed by atoms with Crippen LogP contribution in [0.25, 0.3) is 0 Å². The van der Waals surface area contributed by atoms with Crippen molar-refractivity contribution in [3.8, 4) is 0 Å². The van der Waals surface area contributed by atoms with Crippen molar-refractivity contribution in [3.05, 3.63) is 0 Å². The predicted molar refractivity (Wildman–Crippen MR) is 56.8 cm³/mol. The highest BCUT2D eigenvalue weighted by Gasteiger charge is 2.40. The maximum absolute atomic E-state index is 12.2. The summed E-state index contributed by atoms with van der Waals surface area (Å²) in [6.45, 7) is 2.46. The first-order valence-electron chi connectivity index (χ1n) is 6.01. The molecule has 0 saturated carbocycles.